The van der Waals surface area contributed by atoms with Gasteiger partial charge in [0.15, 0.2) is 0 Å². The van der Waals surface area contributed by atoms with E-state index in [2.05, 4.69) is 21.2 Å². The molecule has 0 fully saturated rings. The topological polar surface area (TPSA) is 55.1 Å². The highest BCUT2D eigenvalue weighted by atomic mass is 79.9. The van der Waals surface area contributed by atoms with Crippen LogP contribution in [0.5, 0.6) is 0 Å². The number of benzene rings is 2. The quantitative estimate of drug-likeness (QED) is 0.741. The molecular formula is C15H13BrCl2N2O. The van der Waals surface area contributed by atoms with E-state index < -0.39 is 0 Å². The molecule has 2 aromatic rings. The molecule has 6 heteroatoms. The van der Waals surface area contributed by atoms with Crippen molar-refractivity contribution in [3.8, 4) is 0 Å². The van der Waals surface area contributed by atoms with Crippen LogP contribution in [0, 0.1) is 0 Å². The molecule has 0 aliphatic carbocycles. The Morgan fingerprint density at radius 2 is 1.95 bits per heavy atom. The maximum atomic E-state index is 12.2. The first-order valence-electron chi connectivity index (χ1n) is 6.19. The highest BCUT2D eigenvalue weighted by Crippen LogP contribution is 2.26. The van der Waals surface area contributed by atoms with E-state index in [1.54, 1.807) is 36.4 Å². The maximum Gasteiger partial charge on any atom is 0.251 e. The average Bonchev–Trinajstić information content (AvgIpc) is 2.41. The summed E-state index contributed by atoms with van der Waals surface area (Å²) in [5.41, 5.74) is 7.59. The van der Waals surface area contributed by atoms with Gasteiger partial charge in [-0.15, -0.1) is 0 Å². The van der Waals surface area contributed by atoms with Crippen molar-refractivity contribution in [2.45, 2.75) is 13.0 Å². The number of halogens is 3. The zero-order valence-corrected chi connectivity index (χ0v) is 14.3. The smallest absolute Gasteiger partial charge is 0.251 e. The summed E-state index contributed by atoms with van der Waals surface area (Å²) in [6.45, 7) is 1.86. The monoisotopic (exact) mass is 386 g/mol. The van der Waals surface area contributed by atoms with Crippen LogP contribution in [0.2, 0.25) is 10.0 Å². The summed E-state index contributed by atoms with van der Waals surface area (Å²) in [7, 11) is 0. The van der Waals surface area contributed by atoms with Crippen molar-refractivity contribution >= 4 is 50.7 Å². The van der Waals surface area contributed by atoms with Gasteiger partial charge in [-0.1, -0.05) is 29.3 Å². The second-order valence-electron chi connectivity index (χ2n) is 4.60. The van der Waals surface area contributed by atoms with Crippen LogP contribution in [0.15, 0.2) is 40.9 Å². The maximum absolute atomic E-state index is 12.2. The minimum atomic E-state index is -0.243. The lowest BCUT2D eigenvalue weighted by Gasteiger charge is -2.16. The number of amides is 1. The molecule has 1 atom stereocenters. The molecule has 0 aliphatic heterocycles. The van der Waals surface area contributed by atoms with E-state index >= 15 is 0 Å². The van der Waals surface area contributed by atoms with Gasteiger partial charge >= 0.3 is 0 Å². The second-order valence-corrected chi connectivity index (χ2v) is 6.30. The summed E-state index contributed by atoms with van der Waals surface area (Å²) in [5.74, 6) is -0.215. The van der Waals surface area contributed by atoms with Crippen LogP contribution >= 0.6 is 39.1 Å². The molecule has 1 unspecified atom stereocenters. The predicted molar refractivity (Wildman–Crippen MR) is 90.9 cm³/mol. The molecule has 0 aromatic heterocycles. The largest absolute Gasteiger partial charge is 0.398 e. The molecule has 2 rings (SSSR count). The predicted octanol–water partition coefficient (Wildman–Crippen LogP) is 4.83. The minimum absolute atomic E-state index is 0.215. The van der Waals surface area contributed by atoms with E-state index in [0.29, 0.717) is 21.3 Å². The van der Waals surface area contributed by atoms with Gasteiger partial charge in [-0.3, -0.25) is 4.79 Å². The zero-order chi connectivity index (χ0) is 15.6. The zero-order valence-electron chi connectivity index (χ0n) is 11.2. The molecule has 110 valence electrons. The summed E-state index contributed by atoms with van der Waals surface area (Å²) < 4.78 is 0.757. The third-order valence-electron chi connectivity index (χ3n) is 3.03. The number of anilines is 1. The van der Waals surface area contributed by atoms with Crippen molar-refractivity contribution in [2.75, 3.05) is 5.73 Å². The van der Waals surface area contributed by atoms with Crippen molar-refractivity contribution in [2.24, 2.45) is 0 Å². The van der Waals surface area contributed by atoms with Crippen LogP contribution in [0.3, 0.4) is 0 Å². The van der Waals surface area contributed by atoms with Crippen molar-refractivity contribution in [1.82, 2.24) is 5.32 Å². The Labute approximate surface area is 141 Å². The van der Waals surface area contributed by atoms with Gasteiger partial charge in [0.1, 0.15) is 0 Å². The Kier molecular flexibility index (Phi) is 5.14. The number of rotatable bonds is 3. The molecule has 21 heavy (non-hydrogen) atoms. The lowest BCUT2D eigenvalue weighted by molar-refractivity contribution is 0.0940. The molecular weight excluding hydrogens is 375 g/mol. The molecule has 3 nitrogen and oxygen atoms in total. The summed E-state index contributed by atoms with van der Waals surface area (Å²) in [4.78, 5) is 12.2. The van der Waals surface area contributed by atoms with Crippen LogP contribution in [0.25, 0.3) is 0 Å². The lowest BCUT2D eigenvalue weighted by atomic mass is 10.1. The van der Waals surface area contributed by atoms with Crippen LogP contribution in [0.4, 0.5) is 5.69 Å². The van der Waals surface area contributed by atoms with Crippen molar-refractivity contribution in [1.29, 1.82) is 0 Å². The highest BCUT2D eigenvalue weighted by molar-refractivity contribution is 9.10. The van der Waals surface area contributed by atoms with Gasteiger partial charge in [-0.25, -0.2) is 0 Å². The Morgan fingerprint density at radius 1 is 1.24 bits per heavy atom. The number of carbonyl (C=O) groups excluding carboxylic acids is 1. The Hall–Kier alpha value is -1.23. The fourth-order valence-electron chi connectivity index (χ4n) is 1.90. The van der Waals surface area contributed by atoms with Crippen LogP contribution in [0.1, 0.15) is 28.9 Å². The molecule has 0 saturated heterocycles. The fourth-order valence-corrected chi connectivity index (χ4v) is 2.71. The van der Waals surface area contributed by atoms with E-state index in [9.17, 15) is 4.79 Å². The number of carbonyl (C=O) groups is 1. The van der Waals surface area contributed by atoms with Crippen LogP contribution in [-0.4, -0.2) is 5.91 Å². The average molecular weight is 388 g/mol. The van der Waals surface area contributed by atoms with Gasteiger partial charge in [0.05, 0.1) is 6.04 Å². The molecule has 3 N–H and O–H groups in total. The highest BCUT2D eigenvalue weighted by Gasteiger charge is 2.14. The van der Waals surface area contributed by atoms with Crippen molar-refractivity contribution < 1.29 is 4.79 Å². The number of hydrogen-bond acceptors (Lipinski definition) is 2. The van der Waals surface area contributed by atoms with E-state index in [1.807, 2.05) is 6.92 Å². The summed E-state index contributed by atoms with van der Waals surface area (Å²) in [6.07, 6.45) is 0. The Bertz CT molecular complexity index is 691. The molecule has 0 spiro atoms. The minimum Gasteiger partial charge on any atom is -0.398 e. The van der Waals surface area contributed by atoms with E-state index in [4.69, 9.17) is 28.9 Å². The van der Waals surface area contributed by atoms with Crippen LogP contribution < -0.4 is 11.1 Å². The Balaban J connectivity index is 2.16. The first-order valence-corrected chi connectivity index (χ1v) is 7.74. The normalized spacial score (nSPS) is 12.0. The molecule has 0 aliphatic rings. The number of nitrogens with one attached hydrogen (secondary N) is 1. The van der Waals surface area contributed by atoms with Gasteiger partial charge in [0, 0.05) is 25.8 Å². The van der Waals surface area contributed by atoms with E-state index in [0.717, 1.165) is 10.0 Å². The van der Waals surface area contributed by atoms with Gasteiger partial charge < -0.3 is 11.1 Å². The number of nitrogens with two attached hydrogens (primary N) is 1. The second kappa shape index (κ2) is 6.69. The van der Waals surface area contributed by atoms with Gasteiger partial charge in [-0.2, -0.15) is 0 Å². The van der Waals surface area contributed by atoms with Gasteiger partial charge in [0.2, 0.25) is 0 Å². The third-order valence-corrected chi connectivity index (χ3v) is 4.32. The van der Waals surface area contributed by atoms with Crippen LogP contribution in [-0.2, 0) is 0 Å². The number of nitrogen functional groups attached to an aromatic ring is 1. The first-order chi connectivity index (χ1) is 9.88. The molecule has 0 bridgehead atoms. The number of hydrogen-bond donors (Lipinski definition) is 2. The standard InChI is InChI=1S/C15H13BrCl2N2O/c1-8(11-4-3-10(17)7-13(11)18)20-15(21)9-2-5-12(16)14(19)6-9/h2-8H,19H2,1H3,(H,20,21). The fraction of sp³-hybridized carbons (Fsp3) is 0.133. The SMILES string of the molecule is CC(NC(=O)c1ccc(Br)c(N)c1)c1ccc(Cl)cc1Cl. The molecule has 0 saturated carbocycles. The van der Waals surface area contributed by atoms with E-state index in [-0.39, 0.29) is 11.9 Å². The molecule has 0 heterocycles. The first kappa shape index (κ1) is 16.1. The molecule has 2 aromatic carbocycles. The van der Waals surface area contributed by atoms with Crippen molar-refractivity contribution in [3.63, 3.8) is 0 Å². The summed E-state index contributed by atoms with van der Waals surface area (Å²) in [5, 5.41) is 3.96. The third kappa shape index (κ3) is 3.90. The van der Waals surface area contributed by atoms with Gasteiger partial charge in [-0.05, 0) is 58.7 Å². The van der Waals surface area contributed by atoms with E-state index in [1.165, 1.54) is 0 Å². The van der Waals surface area contributed by atoms with Crippen molar-refractivity contribution in [3.05, 3.63) is 62.0 Å². The summed E-state index contributed by atoms with van der Waals surface area (Å²) in [6, 6.07) is 10.0. The Morgan fingerprint density at radius 3 is 2.57 bits per heavy atom. The lowest BCUT2D eigenvalue weighted by Crippen LogP contribution is -2.26. The van der Waals surface area contributed by atoms with Gasteiger partial charge in [0.25, 0.3) is 5.91 Å². The molecule has 0 radical (unpaired) electrons. The molecule has 1 amide bonds. The summed E-state index contributed by atoms with van der Waals surface area (Å²) >= 11 is 15.3.